The first-order valence-corrected chi connectivity index (χ1v) is 25.5. The van der Waals surface area contributed by atoms with Crippen molar-refractivity contribution in [3.8, 4) is 11.8 Å². The van der Waals surface area contributed by atoms with Gasteiger partial charge >= 0.3 is 5.97 Å². The molecule has 382 valence electrons. The Labute approximate surface area is 407 Å². The highest BCUT2D eigenvalue weighted by atomic mass is 16.6. The first-order chi connectivity index (χ1) is 32.3. The van der Waals surface area contributed by atoms with Crippen LogP contribution in [-0.2, 0) is 42.9 Å². The van der Waals surface area contributed by atoms with E-state index >= 15 is 0 Å². The third kappa shape index (κ3) is 16.0. The molecule has 13 heteroatoms. The Morgan fingerprint density at radius 3 is 2.31 bits per heavy atom. The largest absolute Gasteiger partial charge is 0.461 e. The van der Waals surface area contributed by atoms with Crippen LogP contribution in [0.25, 0.3) is 0 Å². The summed E-state index contributed by atoms with van der Waals surface area (Å²) >= 11 is 0. The summed E-state index contributed by atoms with van der Waals surface area (Å²) in [6, 6.07) is -1.03. The zero-order chi connectivity index (χ0) is 50.1. The minimum Gasteiger partial charge on any atom is -0.461 e. The number of aliphatic hydroxyl groups is 3. The maximum atomic E-state index is 14.5. The van der Waals surface area contributed by atoms with Gasteiger partial charge in [0.15, 0.2) is 5.78 Å². The first kappa shape index (κ1) is 57.1. The van der Waals surface area contributed by atoms with Gasteiger partial charge in [0.25, 0.3) is 11.7 Å². The van der Waals surface area contributed by atoms with Crippen LogP contribution in [0.15, 0.2) is 47.6 Å². The molecular formula is C55H85NO12. The van der Waals surface area contributed by atoms with Gasteiger partial charge < -0.3 is 43.9 Å². The molecule has 0 radical (unpaired) electrons. The Bertz CT molecular complexity index is 1850. The maximum absolute atomic E-state index is 14.5. The second-order valence-corrected chi connectivity index (χ2v) is 20.5. The first-order valence-electron chi connectivity index (χ1n) is 25.5. The van der Waals surface area contributed by atoms with E-state index in [0.717, 1.165) is 18.4 Å². The number of allylic oxidation sites excluding steroid dienone is 6. The number of piperidine rings is 1. The monoisotopic (exact) mass is 952 g/mol. The van der Waals surface area contributed by atoms with Crippen LogP contribution in [0, 0.1) is 47.3 Å². The van der Waals surface area contributed by atoms with Crippen LogP contribution in [-0.4, -0.2) is 126 Å². The summed E-state index contributed by atoms with van der Waals surface area (Å²) in [5.41, 5.74) is 1.48. The van der Waals surface area contributed by atoms with E-state index in [9.17, 15) is 34.5 Å². The molecule has 4 rings (SSSR count). The maximum Gasteiger partial charge on any atom is 0.329 e. The Kier molecular flexibility index (Phi) is 23.3. The highest BCUT2D eigenvalue weighted by Gasteiger charge is 2.53. The topological polar surface area (TPSA) is 178 Å². The number of rotatable bonds is 7. The third-order valence-electron chi connectivity index (χ3n) is 14.9. The van der Waals surface area contributed by atoms with E-state index in [4.69, 9.17) is 23.7 Å². The number of methoxy groups -OCH3 is 2. The van der Waals surface area contributed by atoms with E-state index in [1.807, 2.05) is 71.1 Å². The molecule has 15 atom stereocenters. The van der Waals surface area contributed by atoms with Gasteiger partial charge in [-0.05, 0) is 126 Å². The fraction of sp³-hybridized carbons (Fsp3) is 0.745. The summed E-state index contributed by atoms with van der Waals surface area (Å²) in [5.74, 6) is -0.171. The van der Waals surface area contributed by atoms with Gasteiger partial charge in [-0.15, -0.1) is 5.92 Å². The summed E-state index contributed by atoms with van der Waals surface area (Å²) in [6.45, 7) is 15.7. The number of nitrogens with zero attached hydrogens (tertiary/aromatic N) is 1. The predicted octanol–water partition coefficient (Wildman–Crippen LogP) is 7.79. The van der Waals surface area contributed by atoms with Gasteiger partial charge in [-0.3, -0.25) is 14.4 Å². The van der Waals surface area contributed by atoms with Crippen molar-refractivity contribution in [2.45, 2.75) is 200 Å². The van der Waals surface area contributed by atoms with Gasteiger partial charge in [0.2, 0.25) is 5.79 Å². The fourth-order valence-electron chi connectivity index (χ4n) is 10.5. The lowest BCUT2D eigenvalue weighted by Gasteiger charge is -2.43. The molecule has 3 unspecified atom stereocenters. The van der Waals surface area contributed by atoms with Gasteiger partial charge in [0, 0.05) is 45.4 Å². The van der Waals surface area contributed by atoms with Crippen molar-refractivity contribution in [2.24, 2.45) is 35.5 Å². The summed E-state index contributed by atoms with van der Waals surface area (Å²) in [6.07, 6.45) is 14.9. The van der Waals surface area contributed by atoms with Crippen LogP contribution in [0.4, 0.5) is 0 Å². The molecule has 0 aromatic carbocycles. The number of aliphatic hydroxyl groups excluding tert-OH is 2. The molecule has 0 aromatic rings. The Morgan fingerprint density at radius 2 is 1.60 bits per heavy atom. The van der Waals surface area contributed by atoms with Crippen LogP contribution in [0.1, 0.15) is 145 Å². The molecule has 1 saturated carbocycles. The van der Waals surface area contributed by atoms with Gasteiger partial charge in [-0.1, -0.05) is 83.9 Å². The quantitative estimate of drug-likeness (QED) is 0.0979. The zero-order valence-corrected chi connectivity index (χ0v) is 42.8. The van der Waals surface area contributed by atoms with E-state index < -0.39 is 72.0 Å². The Hall–Kier alpha value is -3.48. The molecule has 68 heavy (non-hydrogen) atoms. The van der Waals surface area contributed by atoms with Crippen LogP contribution in [0.5, 0.6) is 0 Å². The summed E-state index contributed by atoms with van der Waals surface area (Å²) < 4.78 is 30.2. The molecule has 3 heterocycles. The Morgan fingerprint density at radius 1 is 0.853 bits per heavy atom. The van der Waals surface area contributed by atoms with Crippen molar-refractivity contribution >= 4 is 23.4 Å². The number of amides is 1. The number of Topliss-reactive ketones (excluding diaryl/α,β-unsaturated/α-hetero) is 2. The third-order valence-corrected chi connectivity index (χ3v) is 14.9. The SMILES string of the molecule is CCC#CCO[C@H]1CC2CC[C@@H](C)[C@@](O)(O2)C(=O)C(=O)N2CCCCC2C(=O)OC([C@H](C)C[C@@H]2CC[C@@H](O)[C@H](OC)C2)CC[C@H](C)/C=C(\C)[C@@H](O)[C@@H](OC)C(=O)[C@H](C)C[C@H](C)\C=C/C=C/C=C/1C. The molecule has 2 saturated heterocycles. The molecule has 3 fully saturated rings. The van der Waals surface area contributed by atoms with Crippen molar-refractivity contribution in [3.63, 3.8) is 0 Å². The highest BCUT2D eigenvalue weighted by molar-refractivity contribution is 6.39. The molecule has 0 spiro atoms. The van der Waals surface area contributed by atoms with Gasteiger partial charge in [-0.2, -0.15) is 0 Å². The summed E-state index contributed by atoms with van der Waals surface area (Å²) in [5, 5.41) is 34.1. The van der Waals surface area contributed by atoms with Crippen molar-refractivity contribution in [1.29, 1.82) is 0 Å². The lowest BCUT2D eigenvalue weighted by Crippen LogP contribution is -2.61. The van der Waals surface area contributed by atoms with Crippen LogP contribution in [0.2, 0.25) is 0 Å². The number of ether oxygens (including phenoxy) is 5. The standard InChI is InChI=1S/C55H85NO12/c1-11-12-18-29-66-47-34-43-25-23-41(8)55(63,68-43)52(60)53(61)56-28-17-16-21-44(56)54(62)67-46(38(5)32-42-24-26-45(57)48(33-42)64-9)27-22-36(3)31-40(7)50(59)51(65-10)49(58)39(6)30-35(2)19-14-13-15-20-37(47)4/h13-15,19-20,31,35-36,38-39,41-48,50-51,57,59,63H,11,16-17,21-30,32-34H2,1-10H3/b15-13+,19-14-,37-20+,40-31+/t35-,36+,38-,39-,41-,42+,43?,44?,45-,46?,47+,48-,50-,51+,55-/m1/s1. The smallest absolute Gasteiger partial charge is 0.329 e. The van der Waals surface area contributed by atoms with Gasteiger partial charge in [0.05, 0.1) is 24.4 Å². The van der Waals surface area contributed by atoms with E-state index in [0.29, 0.717) is 82.6 Å². The van der Waals surface area contributed by atoms with Crippen molar-refractivity contribution in [2.75, 3.05) is 27.4 Å². The van der Waals surface area contributed by atoms with E-state index in [-0.39, 0.29) is 54.6 Å². The molecule has 3 aliphatic heterocycles. The van der Waals surface area contributed by atoms with E-state index in [2.05, 4.69) is 18.8 Å². The molecule has 4 aliphatic rings. The highest BCUT2D eigenvalue weighted by Crippen LogP contribution is 2.38. The normalized spacial score (nSPS) is 38.9. The average molecular weight is 952 g/mol. The minimum atomic E-state index is -2.41. The van der Waals surface area contributed by atoms with E-state index in [1.54, 1.807) is 21.0 Å². The van der Waals surface area contributed by atoms with Gasteiger partial charge in [0.1, 0.15) is 31.0 Å². The number of esters is 1. The molecular weight excluding hydrogens is 867 g/mol. The number of fused-ring (bicyclic) bond motifs is 3. The molecule has 0 aromatic heterocycles. The van der Waals surface area contributed by atoms with Crippen molar-refractivity contribution in [3.05, 3.63) is 47.6 Å². The fourth-order valence-corrected chi connectivity index (χ4v) is 10.5. The van der Waals surface area contributed by atoms with Crippen molar-refractivity contribution < 1.29 is 58.2 Å². The van der Waals surface area contributed by atoms with Crippen LogP contribution >= 0.6 is 0 Å². The molecule has 2 bridgehead atoms. The summed E-state index contributed by atoms with van der Waals surface area (Å²) in [7, 11) is 3.05. The zero-order valence-electron chi connectivity index (χ0n) is 42.8. The number of cyclic esters (lactones) is 1. The van der Waals surface area contributed by atoms with E-state index in [1.165, 1.54) is 12.0 Å². The van der Waals surface area contributed by atoms with Crippen LogP contribution < -0.4 is 0 Å². The average Bonchev–Trinajstić information content (AvgIpc) is 3.31. The lowest BCUT2D eigenvalue weighted by molar-refractivity contribution is -0.265. The second kappa shape index (κ2) is 27.8. The Balaban J connectivity index is 1.70. The number of carbonyl (C=O) groups excluding carboxylic acids is 4. The number of ketones is 2. The van der Waals surface area contributed by atoms with Crippen LogP contribution in [0.3, 0.4) is 0 Å². The second-order valence-electron chi connectivity index (χ2n) is 20.5. The number of hydrogen-bond acceptors (Lipinski definition) is 12. The van der Waals surface area contributed by atoms with Crippen molar-refractivity contribution in [1.82, 2.24) is 4.90 Å². The molecule has 13 nitrogen and oxygen atoms in total. The summed E-state index contributed by atoms with van der Waals surface area (Å²) in [4.78, 5) is 58.2. The lowest BCUT2D eigenvalue weighted by atomic mass is 9.78. The minimum absolute atomic E-state index is 0.0507. The molecule has 1 amide bonds. The predicted molar refractivity (Wildman–Crippen MR) is 262 cm³/mol. The number of carbonyl (C=O) groups is 4. The van der Waals surface area contributed by atoms with Gasteiger partial charge in [-0.25, -0.2) is 4.79 Å². The molecule has 3 N–H and O–H groups in total. The number of hydrogen-bond donors (Lipinski definition) is 3. The molecule has 1 aliphatic carbocycles.